The highest BCUT2D eigenvalue weighted by Gasteiger charge is 2.29. The molecule has 0 bridgehead atoms. The zero-order valence-corrected chi connectivity index (χ0v) is 25.3. The summed E-state index contributed by atoms with van der Waals surface area (Å²) < 4.78 is 26.6. The van der Waals surface area contributed by atoms with E-state index in [1.165, 1.54) is 11.8 Å². The Hall–Kier alpha value is -3.25. The second-order valence-electron chi connectivity index (χ2n) is 10.9. The Balaban J connectivity index is 1.84. The van der Waals surface area contributed by atoms with E-state index >= 15 is 0 Å². The third kappa shape index (κ3) is 11.3. The predicted octanol–water partition coefficient (Wildman–Crippen LogP) is 2.95. The molecule has 9 nitrogen and oxygen atoms in total. The quantitative estimate of drug-likeness (QED) is 0.222. The fraction of sp³-hybridized carbons (Fsp3) is 0.367. The van der Waals surface area contributed by atoms with Crippen LogP contribution in [0.15, 0.2) is 84.0 Å². The first kappa shape index (κ1) is 32.3. The monoisotopic (exact) mass is 598 g/mol. The molecule has 1 aromatic heterocycles. The van der Waals surface area contributed by atoms with Gasteiger partial charge in [0.1, 0.15) is 6.04 Å². The van der Waals surface area contributed by atoms with Gasteiger partial charge in [0.05, 0.1) is 23.4 Å². The number of aliphatic hydroxyl groups is 1. The van der Waals surface area contributed by atoms with Crippen molar-refractivity contribution >= 4 is 33.6 Å². The van der Waals surface area contributed by atoms with E-state index in [1.807, 2.05) is 51.1 Å². The Labute approximate surface area is 246 Å². The summed E-state index contributed by atoms with van der Waals surface area (Å²) in [5.74, 6) is -0.731. The Bertz CT molecular complexity index is 1400. The molecule has 0 aliphatic carbocycles. The van der Waals surface area contributed by atoms with E-state index in [4.69, 9.17) is 0 Å². The fourth-order valence-electron chi connectivity index (χ4n) is 4.15. The molecule has 0 aliphatic heterocycles. The van der Waals surface area contributed by atoms with Crippen molar-refractivity contribution in [3.8, 4) is 0 Å². The highest BCUT2D eigenvalue weighted by molar-refractivity contribution is 7.99. The molecule has 0 saturated heterocycles. The molecule has 41 heavy (non-hydrogen) atoms. The number of carbonyl (C=O) groups excluding carboxylic acids is 2. The van der Waals surface area contributed by atoms with E-state index < -0.39 is 39.7 Å². The van der Waals surface area contributed by atoms with Gasteiger partial charge in [-0.1, -0.05) is 54.6 Å². The van der Waals surface area contributed by atoms with Crippen LogP contribution in [0.25, 0.3) is 0 Å². The number of benzene rings is 2. The van der Waals surface area contributed by atoms with E-state index in [9.17, 15) is 23.1 Å². The van der Waals surface area contributed by atoms with Gasteiger partial charge in [-0.3, -0.25) is 9.59 Å². The van der Waals surface area contributed by atoms with Crippen LogP contribution < -0.4 is 15.4 Å². The first-order chi connectivity index (χ1) is 19.3. The lowest BCUT2D eigenvalue weighted by Crippen LogP contribution is -2.54. The van der Waals surface area contributed by atoms with E-state index in [-0.39, 0.29) is 18.1 Å². The SMILES string of the molecule is CC(C)(C)NC(=O)c1ccccc1C[C@@H](O)[C@H](Cc1ccccc1)NC(=O)[C@H](CSc1ccccn1)NS(C)(=O)=O. The lowest BCUT2D eigenvalue weighted by Gasteiger charge is -2.28. The molecule has 0 unspecified atom stereocenters. The van der Waals surface area contributed by atoms with Crippen molar-refractivity contribution in [2.45, 2.75) is 62.4 Å². The van der Waals surface area contributed by atoms with E-state index in [1.54, 1.807) is 48.7 Å². The molecule has 0 radical (unpaired) electrons. The Morgan fingerprint density at radius 1 is 0.951 bits per heavy atom. The van der Waals surface area contributed by atoms with Crippen LogP contribution in [0.3, 0.4) is 0 Å². The molecule has 2 aromatic carbocycles. The molecule has 3 atom stereocenters. The van der Waals surface area contributed by atoms with Crippen LogP contribution in [-0.4, -0.2) is 66.1 Å². The third-order valence-electron chi connectivity index (χ3n) is 5.98. The lowest BCUT2D eigenvalue weighted by molar-refractivity contribution is -0.123. The van der Waals surface area contributed by atoms with Gasteiger partial charge in [0.25, 0.3) is 5.91 Å². The highest BCUT2D eigenvalue weighted by atomic mass is 32.2. The summed E-state index contributed by atoms with van der Waals surface area (Å²) in [4.78, 5) is 30.7. The average Bonchev–Trinajstić information content (AvgIpc) is 2.90. The molecule has 1 heterocycles. The van der Waals surface area contributed by atoms with Gasteiger partial charge in [-0.05, 0) is 56.5 Å². The number of nitrogens with one attached hydrogen (secondary N) is 3. The molecule has 0 saturated carbocycles. The number of sulfonamides is 1. The lowest BCUT2D eigenvalue weighted by atomic mass is 9.93. The molecular formula is C30H38N4O5S2. The van der Waals surface area contributed by atoms with Crippen molar-refractivity contribution in [1.82, 2.24) is 20.3 Å². The molecule has 2 amide bonds. The van der Waals surface area contributed by atoms with Crippen LogP contribution >= 0.6 is 11.8 Å². The zero-order chi connectivity index (χ0) is 30.0. The molecule has 220 valence electrons. The van der Waals surface area contributed by atoms with Gasteiger partial charge in [-0.15, -0.1) is 11.8 Å². The molecule has 3 aromatic rings. The molecule has 0 fully saturated rings. The number of carbonyl (C=O) groups is 2. The Kier molecular flexibility index (Phi) is 11.5. The van der Waals surface area contributed by atoms with E-state index in [2.05, 4.69) is 20.3 Å². The fourth-order valence-corrected chi connectivity index (χ4v) is 5.85. The smallest absolute Gasteiger partial charge is 0.251 e. The van der Waals surface area contributed by atoms with Crippen molar-refractivity contribution in [1.29, 1.82) is 0 Å². The summed E-state index contributed by atoms with van der Waals surface area (Å²) in [6.45, 7) is 5.67. The number of hydrogen-bond donors (Lipinski definition) is 4. The minimum absolute atomic E-state index is 0.0956. The summed E-state index contributed by atoms with van der Waals surface area (Å²) in [6, 6.07) is 19.9. The van der Waals surface area contributed by atoms with Crippen molar-refractivity contribution in [2.75, 3.05) is 12.0 Å². The van der Waals surface area contributed by atoms with Crippen LogP contribution in [0, 0.1) is 0 Å². The number of aliphatic hydroxyl groups excluding tert-OH is 1. The summed E-state index contributed by atoms with van der Waals surface area (Å²) in [5, 5.41) is 17.9. The molecular weight excluding hydrogens is 560 g/mol. The minimum atomic E-state index is -3.72. The van der Waals surface area contributed by atoms with Crippen LogP contribution in [-0.2, 0) is 27.7 Å². The number of nitrogens with zero attached hydrogens (tertiary/aromatic N) is 1. The molecule has 11 heteroatoms. The second kappa shape index (κ2) is 14.6. The Morgan fingerprint density at radius 2 is 1.61 bits per heavy atom. The summed E-state index contributed by atoms with van der Waals surface area (Å²) in [6.07, 6.45) is 1.92. The number of hydrogen-bond acceptors (Lipinski definition) is 7. The predicted molar refractivity (Wildman–Crippen MR) is 162 cm³/mol. The first-order valence-corrected chi connectivity index (χ1v) is 16.1. The maximum absolute atomic E-state index is 13.5. The van der Waals surface area contributed by atoms with Crippen molar-refractivity contribution in [3.63, 3.8) is 0 Å². The van der Waals surface area contributed by atoms with Crippen LogP contribution in [0.1, 0.15) is 42.3 Å². The topological polar surface area (TPSA) is 137 Å². The standard InChI is InChI=1S/C30H38N4O5S2/c1-30(2,3)33-28(36)23-15-9-8-14-22(23)19-26(35)24(18-21-12-6-5-7-13-21)32-29(37)25(34-41(4,38)39)20-40-27-16-10-11-17-31-27/h5-17,24-26,34-35H,18-20H2,1-4H3,(H,32,37)(H,33,36)/t24-,25-,26+/m0/s1. The third-order valence-corrected chi connectivity index (χ3v) is 7.73. The van der Waals surface area contributed by atoms with Crippen LogP contribution in [0.2, 0.25) is 0 Å². The van der Waals surface area contributed by atoms with Gasteiger partial charge in [-0.2, -0.15) is 0 Å². The van der Waals surface area contributed by atoms with E-state index in [0.717, 1.165) is 11.8 Å². The first-order valence-electron chi connectivity index (χ1n) is 13.2. The van der Waals surface area contributed by atoms with Gasteiger partial charge >= 0.3 is 0 Å². The average molecular weight is 599 g/mol. The summed E-state index contributed by atoms with van der Waals surface area (Å²) in [5.41, 5.74) is 1.51. The maximum atomic E-state index is 13.5. The zero-order valence-electron chi connectivity index (χ0n) is 23.7. The second-order valence-corrected chi connectivity index (χ2v) is 13.7. The number of pyridine rings is 1. The Morgan fingerprint density at radius 3 is 2.24 bits per heavy atom. The minimum Gasteiger partial charge on any atom is -0.391 e. The highest BCUT2D eigenvalue weighted by Crippen LogP contribution is 2.18. The molecule has 3 rings (SSSR count). The van der Waals surface area contributed by atoms with Crippen LogP contribution in [0.5, 0.6) is 0 Å². The normalized spacial score (nSPS) is 14.1. The van der Waals surface area contributed by atoms with Gasteiger partial charge in [0.15, 0.2) is 0 Å². The van der Waals surface area contributed by atoms with Crippen molar-refractivity contribution in [3.05, 3.63) is 95.7 Å². The van der Waals surface area contributed by atoms with Gasteiger partial charge in [0, 0.05) is 29.5 Å². The molecule has 4 N–H and O–H groups in total. The number of aromatic nitrogens is 1. The molecule has 0 spiro atoms. The maximum Gasteiger partial charge on any atom is 0.251 e. The molecule has 0 aliphatic rings. The van der Waals surface area contributed by atoms with Gasteiger partial charge < -0.3 is 15.7 Å². The number of amides is 2. The number of thioether (sulfide) groups is 1. The van der Waals surface area contributed by atoms with E-state index in [0.29, 0.717) is 22.6 Å². The van der Waals surface area contributed by atoms with Gasteiger partial charge in [-0.25, -0.2) is 18.1 Å². The van der Waals surface area contributed by atoms with Crippen molar-refractivity contribution in [2.24, 2.45) is 0 Å². The van der Waals surface area contributed by atoms with Gasteiger partial charge in [0.2, 0.25) is 15.9 Å². The number of rotatable bonds is 13. The summed E-state index contributed by atoms with van der Waals surface area (Å²) >= 11 is 1.24. The summed E-state index contributed by atoms with van der Waals surface area (Å²) in [7, 11) is -3.72. The largest absolute Gasteiger partial charge is 0.391 e. The van der Waals surface area contributed by atoms with Crippen molar-refractivity contribution < 1.29 is 23.1 Å². The van der Waals surface area contributed by atoms with Crippen LogP contribution in [0.4, 0.5) is 0 Å².